The van der Waals surface area contributed by atoms with Gasteiger partial charge in [-0.05, 0) is 7.05 Å². The number of alkyl halides is 1. The van der Waals surface area contributed by atoms with Crippen molar-refractivity contribution in [3.8, 4) is 0 Å². The van der Waals surface area contributed by atoms with E-state index in [0.717, 1.165) is 0 Å². The highest BCUT2D eigenvalue weighted by Gasteiger charge is 2.39. The molecule has 1 fully saturated rings. The van der Waals surface area contributed by atoms with Crippen molar-refractivity contribution in [2.45, 2.75) is 5.67 Å². The number of nitrogens with zero attached hydrogens (tertiary/aromatic N) is 1. The second-order valence-electron chi connectivity index (χ2n) is 2.53. The van der Waals surface area contributed by atoms with Crippen molar-refractivity contribution in [1.29, 1.82) is 0 Å². The molecule has 2 N–H and O–H groups in total. The first-order chi connectivity index (χ1) is 3.66. The van der Waals surface area contributed by atoms with Gasteiger partial charge in [-0.2, -0.15) is 0 Å². The normalized spacial score (nSPS) is 21.9. The maximum Gasteiger partial charge on any atom is 0.148 e. The van der Waals surface area contributed by atoms with Gasteiger partial charge in [0.25, 0.3) is 0 Å². The molecule has 0 saturated carbocycles. The summed E-state index contributed by atoms with van der Waals surface area (Å²) in [6, 6.07) is 0. The highest BCUT2D eigenvalue weighted by Crippen LogP contribution is 2.21. The van der Waals surface area contributed by atoms with E-state index in [9.17, 15) is 4.39 Å². The summed E-state index contributed by atoms with van der Waals surface area (Å²) in [4.78, 5) is 1.91. The van der Waals surface area contributed by atoms with Crippen LogP contribution in [0.15, 0.2) is 0 Å². The van der Waals surface area contributed by atoms with Crippen LogP contribution in [0, 0.1) is 0 Å². The Labute approximate surface area is 72.8 Å². The molecule has 10 heavy (non-hydrogen) atoms. The molecule has 0 unspecified atom stereocenters. The average molecular weight is 191 g/mol. The van der Waals surface area contributed by atoms with E-state index in [4.69, 9.17) is 5.73 Å². The Morgan fingerprint density at radius 1 is 1.50 bits per heavy atom. The summed E-state index contributed by atoms with van der Waals surface area (Å²) in [6.07, 6.45) is 0. The summed E-state index contributed by atoms with van der Waals surface area (Å²) in [7, 11) is 1.88. The summed E-state index contributed by atoms with van der Waals surface area (Å²) >= 11 is 0. The molecule has 0 radical (unpaired) electrons. The van der Waals surface area contributed by atoms with E-state index in [1.165, 1.54) is 0 Å². The van der Waals surface area contributed by atoms with E-state index in [0.29, 0.717) is 13.1 Å². The van der Waals surface area contributed by atoms with E-state index < -0.39 is 5.67 Å². The molecule has 1 heterocycles. The fourth-order valence-corrected chi connectivity index (χ4v) is 1.05. The van der Waals surface area contributed by atoms with Crippen LogP contribution >= 0.6 is 24.8 Å². The molecular formula is C5H13Cl2FN2. The molecule has 0 aromatic rings. The molecule has 0 aromatic heterocycles. The molecule has 0 aliphatic carbocycles. The minimum Gasteiger partial charge on any atom is -0.327 e. The number of hydrogen-bond donors (Lipinski definition) is 1. The quantitative estimate of drug-likeness (QED) is 0.651. The Kier molecular flexibility index (Phi) is 5.66. The van der Waals surface area contributed by atoms with Gasteiger partial charge in [-0.25, -0.2) is 4.39 Å². The summed E-state index contributed by atoms with van der Waals surface area (Å²) in [6.45, 7) is 1.17. The largest absolute Gasteiger partial charge is 0.327 e. The summed E-state index contributed by atoms with van der Waals surface area (Å²) in [5.41, 5.74) is 4.07. The van der Waals surface area contributed by atoms with Crippen LogP contribution in [0.1, 0.15) is 0 Å². The third-order valence-corrected chi connectivity index (χ3v) is 1.47. The van der Waals surface area contributed by atoms with E-state index in [1.807, 2.05) is 11.9 Å². The van der Waals surface area contributed by atoms with Gasteiger partial charge in [-0.15, -0.1) is 24.8 Å². The van der Waals surface area contributed by atoms with Crippen LogP contribution in [0.25, 0.3) is 0 Å². The van der Waals surface area contributed by atoms with E-state index >= 15 is 0 Å². The molecule has 2 nitrogen and oxygen atoms in total. The fourth-order valence-electron chi connectivity index (χ4n) is 1.05. The molecule has 64 valence electrons. The number of nitrogens with two attached hydrogens (primary N) is 1. The standard InChI is InChI=1S/C5H11FN2.2ClH/c1-8-3-5(6,2-7)4-8;;/h2-4,7H2,1H3;2*1H. The van der Waals surface area contributed by atoms with Crippen LogP contribution in [0.3, 0.4) is 0 Å². The highest BCUT2D eigenvalue weighted by atomic mass is 35.5. The first-order valence-corrected chi connectivity index (χ1v) is 2.74. The van der Waals surface area contributed by atoms with Crippen molar-refractivity contribution >= 4 is 24.8 Å². The third kappa shape index (κ3) is 2.58. The minimum atomic E-state index is -1.06. The molecule has 0 spiro atoms. The first-order valence-electron chi connectivity index (χ1n) is 2.74. The van der Waals surface area contributed by atoms with Gasteiger partial charge in [0.15, 0.2) is 0 Å². The van der Waals surface area contributed by atoms with Crippen LogP contribution < -0.4 is 5.73 Å². The van der Waals surface area contributed by atoms with Gasteiger partial charge in [-0.1, -0.05) is 0 Å². The molecule has 0 atom stereocenters. The molecule has 0 bridgehead atoms. The zero-order valence-corrected chi connectivity index (χ0v) is 7.47. The van der Waals surface area contributed by atoms with Gasteiger partial charge >= 0.3 is 0 Å². The second kappa shape index (κ2) is 4.34. The van der Waals surface area contributed by atoms with Gasteiger partial charge in [0.2, 0.25) is 0 Å². The Balaban J connectivity index is 0. The van der Waals surface area contributed by atoms with Crippen molar-refractivity contribution in [3.63, 3.8) is 0 Å². The summed E-state index contributed by atoms with van der Waals surface area (Å²) < 4.78 is 12.7. The summed E-state index contributed by atoms with van der Waals surface area (Å²) in [5, 5.41) is 0. The lowest BCUT2D eigenvalue weighted by Gasteiger charge is -2.41. The maximum atomic E-state index is 12.7. The lowest BCUT2D eigenvalue weighted by molar-refractivity contribution is -0.00715. The number of likely N-dealkylation sites (tertiary alicyclic amines) is 1. The minimum absolute atomic E-state index is 0. The Hall–Kier alpha value is 0.430. The average Bonchev–Trinajstić information content (AvgIpc) is 1.63. The van der Waals surface area contributed by atoms with Crippen LogP contribution in [-0.2, 0) is 0 Å². The molecule has 0 amide bonds. The van der Waals surface area contributed by atoms with E-state index in [2.05, 4.69) is 0 Å². The number of halogens is 3. The molecule has 5 heteroatoms. The topological polar surface area (TPSA) is 29.3 Å². The van der Waals surface area contributed by atoms with E-state index in [1.54, 1.807) is 0 Å². The van der Waals surface area contributed by atoms with Gasteiger partial charge in [0.05, 0.1) is 0 Å². The van der Waals surface area contributed by atoms with Crippen molar-refractivity contribution in [3.05, 3.63) is 0 Å². The lowest BCUT2D eigenvalue weighted by atomic mass is 9.98. The predicted molar refractivity (Wildman–Crippen MR) is 44.9 cm³/mol. The van der Waals surface area contributed by atoms with Gasteiger partial charge < -0.3 is 5.73 Å². The molecular weight excluding hydrogens is 178 g/mol. The van der Waals surface area contributed by atoms with Gasteiger partial charge in [0.1, 0.15) is 5.67 Å². The van der Waals surface area contributed by atoms with Crippen molar-refractivity contribution in [2.24, 2.45) is 5.73 Å². The van der Waals surface area contributed by atoms with Crippen LogP contribution in [0.5, 0.6) is 0 Å². The molecule has 1 aliphatic heterocycles. The zero-order valence-electron chi connectivity index (χ0n) is 5.84. The van der Waals surface area contributed by atoms with Gasteiger partial charge in [0, 0.05) is 19.6 Å². The monoisotopic (exact) mass is 190 g/mol. The van der Waals surface area contributed by atoms with Crippen molar-refractivity contribution in [1.82, 2.24) is 4.90 Å². The Morgan fingerprint density at radius 3 is 2.00 bits per heavy atom. The highest BCUT2D eigenvalue weighted by molar-refractivity contribution is 5.85. The first kappa shape index (κ1) is 13.1. The lowest BCUT2D eigenvalue weighted by Crippen LogP contribution is -2.60. The number of hydrogen-bond acceptors (Lipinski definition) is 2. The SMILES string of the molecule is CN1CC(F)(CN)C1.Cl.Cl. The predicted octanol–water partition coefficient (Wildman–Crippen LogP) is 0.442. The second-order valence-corrected chi connectivity index (χ2v) is 2.53. The van der Waals surface area contributed by atoms with Crippen LogP contribution in [-0.4, -0.2) is 37.3 Å². The third-order valence-electron chi connectivity index (χ3n) is 1.47. The molecule has 0 aromatic carbocycles. The fraction of sp³-hybridized carbons (Fsp3) is 1.00. The van der Waals surface area contributed by atoms with Crippen molar-refractivity contribution < 1.29 is 4.39 Å². The number of rotatable bonds is 1. The van der Waals surface area contributed by atoms with E-state index in [-0.39, 0.29) is 31.4 Å². The molecule has 1 rings (SSSR count). The van der Waals surface area contributed by atoms with Crippen LogP contribution in [0.4, 0.5) is 4.39 Å². The zero-order chi connectivity index (χ0) is 6.20. The van der Waals surface area contributed by atoms with Crippen molar-refractivity contribution in [2.75, 3.05) is 26.7 Å². The van der Waals surface area contributed by atoms with Crippen LogP contribution in [0.2, 0.25) is 0 Å². The Morgan fingerprint density at radius 2 is 1.90 bits per heavy atom. The Bertz CT molecular complexity index is 95.6. The summed E-state index contributed by atoms with van der Waals surface area (Å²) in [5.74, 6) is 0. The van der Waals surface area contributed by atoms with Gasteiger partial charge in [-0.3, -0.25) is 4.90 Å². The molecule has 1 aliphatic rings. The molecule has 1 saturated heterocycles. The smallest absolute Gasteiger partial charge is 0.148 e. The maximum absolute atomic E-state index is 12.7.